The summed E-state index contributed by atoms with van der Waals surface area (Å²) in [5.74, 6) is 7.11. The van der Waals surface area contributed by atoms with Crippen molar-refractivity contribution in [3.8, 4) is 0 Å². The van der Waals surface area contributed by atoms with Crippen molar-refractivity contribution in [3.05, 3.63) is 40.6 Å². The van der Waals surface area contributed by atoms with Crippen molar-refractivity contribution in [3.63, 3.8) is 0 Å². The summed E-state index contributed by atoms with van der Waals surface area (Å²) in [5.41, 5.74) is 3.42. The van der Waals surface area contributed by atoms with Crippen LogP contribution in [0, 0.1) is 0 Å². The van der Waals surface area contributed by atoms with E-state index < -0.39 is 0 Å². The van der Waals surface area contributed by atoms with E-state index in [0.29, 0.717) is 24.1 Å². The number of ether oxygens (including phenoxy) is 1. The molecule has 0 bridgehead atoms. The molecule has 7 heteroatoms. The zero-order valence-corrected chi connectivity index (χ0v) is 11.9. The normalized spacial score (nSPS) is 10.3. The van der Waals surface area contributed by atoms with E-state index >= 15 is 0 Å². The van der Waals surface area contributed by atoms with Gasteiger partial charge in [-0.15, -0.1) is 0 Å². The van der Waals surface area contributed by atoms with Crippen LogP contribution < -0.4 is 16.6 Å². The summed E-state index contributed by atoms with van der Waals surface area (Å²) in [6.07, 6.45) is 0. The van der Waals surface area contributed by atoms with E-state index in [0.717, 1.165) is 10.2 Å². The topological polar surface area (TPSA) is 85.1 Å². The number of hydrogen-bond donors (Lipinski definition) is 3. The molecule has 1 heterocycles. The quantitative estimate of drug-likeness (QED) is 0.578. The van der Waals surface area contributed by atoms with Gasteiger partial charge < -0.3 is 15.5 Å². The third-order valence-corrected chi connectivity index (χ3v) is 2.78. The molecule has 0 atom stereocenters. The highest BCUT2D eigenvalue weighted by Gasteiger charge is 2.04. The minimum Gasteiger partial charge on any atom is -0.377 e. The van der Waals surface area contributed by atoms with Crippen LogP contribution in [0.3, 0.4) is 0 Å². The lowest BCUT2D eigenvalue weighted by Crippen LogP contribution is -2.11. The fourth-order valence-corrected chi connectivity index (χ4v) is 1.94. The second-order valence-corrected chi connectivity index (χ2v) is 4.68. The molecule has 0 saturated heterocycles. The summed E-state index contributed by atoms with van der Waals surface area (Å²) in [7, 11) is 1.59. The summed E-state index contributed by atoms with van der Waals surface area (Å²) in [5, 5.41) is 3.19. The lowest BCUT2D eigenvalue weighted by Gasteiger charge is -2.09. The molecule has 0 spiro atoms. The van der Waals surface area contributed by atoms with Gasteiger partial charge >= 0.3 is 0 Å². The number of benzene rings is 1. The number of aromatic nitrogens is 2. The second kappa shape index (κ2) is 6.46. The summed E-state index contributed by atoms with van der Waals surface area (Å²) < 4.78 is 6.01. The Morgan fingerprint density at radius 2 is 2.05 bits per heavy atom. The molecule has 1 aromatic carbocycles. The van der Waals surface area contributed by atoms with Gasteiger partial charge in [-0.25, -0.2) is 15.8 Å². The first kappa shape index (κ1) is 13.7. The first-order valence-corrected chi connectivity index (χ1v) is 6.36. The molecule has 0 aliphatic carbocycles. The summed E-state index contributed by atoms with van der Waals surface area (Å²) in [4.78, 5) is 8.52. The molecule has 19 heavy (non-hydrogen) atoms. The number of hydrogen-bond acceptors (Lipinski definition) is 6. The lowest BCUT2D eigenvalue weighted by atomic mass is 10.3. The van der Waals surface area contributed by atoms with Gasteiger partial charge in [-0.2, -0.15) is 0 Å². The first-order valence-electron chi connectivity index (χ1n) is 5.57. The molecular formula is C12H14BrN5O. The molecule has 0 radical (unpaired) electrons. The van der Waals surface area contributed by atoms with E-state index in [1.807, 2.05) is 24.3 Å². The van der Waals surface area contributed by atoms with Gasteiger partial charge in [-0.1, -0.05) is 22.0 Å². The Morgan fingerprint density at radius 1 is 1.26 bits per heavy atom. The number of nitrogens with one attached hydrogen (secondary N) is 2. The SMILES string of the molecule is COCc1nc(NN)cc(Nc2cccc(Br)c2)n1. The van der Waals surface area contributed by atoms with Crippen molar-refractivity contribution in [2.45, 2.75) is 6.61 Å². The number of nitrogen functional groups attached to an aromatic ring is 1. The molecule has 4 N–H and O–H groups in total. The highest BCUT2D eigenvalue weighted by Crippen LogP contribution is 2.20. The highest BCUT2D eigenvalue weighted by atomic mass is 79.9. The summed E-state index contributed by atoms with van der Waals surface area (Å²) in [6.45, 7) is 0.322. The van der Waals surface area contributed by atoms with E-state index in [-0.39, 0.29) is 0 Å². The Hall–Kier alpha value is -1.70. The molecule has 0 aliphatic heterocycles. The summed E-state index contributed by atoms with van der Waals surface area (Å²) in [6, 6.07) is 9.51. The van der Waals surface area contributed by atoms with Gasteiger partial charge in [0.15, 0.2) is 5.82 Å². The third kappa shape index (κ3) is 3.88. The van der Waals surface area contributed by atoms with Crippen LogP contribution in [0.1, 0.15) is 5.82 Å². The monoisotopic (exact) mass is 323 g/mol. The second-order valence-electron chi connectivity index (χ2n) is 3.77. The van der Waals surface area contributed by atoms with Crippen molar-refractivity contribution in [2.75, 3.05) is 17.9 Å². The number of methoxy groups -OCH3 is 1. The van der Waals surface area contributed by atoms with Crippen LogP contribution >= 0.6 is 15.9 Å². The van der Waals surface area contributed by atoms with E-state index in [4.69, 9.17) is 10.6 Å². The average Bonchev–Trinajstić information content (AvgIpc) is 2.39. The maximum atomic E-state index is 5.38. The zero-order chi connectivity index (χ0) is 13.7. The maximum Gasteiger partial charge on any atom is 0.158 e. The van der Waals surface area contributed by atoms with Crippen LogP contribution in [0.25, 0.3) is 0 Å². The molecule has 0 aliphatic rings. The predicted molar refractivity (Wildman–Crippen MR) is 78.0 cm³/mol. The van der Waals surface area contributed by atoms with E-state index in [1.165, 1.54) is 0 Å². The van der Waals surface area contributed by atoms with E-state index in [9.17, 15) is 0 Å². The van der Waals surface area contributed by atoms with Crippen molar-refractivity contribution in [2.24, 2.45) is 5.84 Å². The smallest absolute Gasteiger partial charge is 0.158 e. The molecule has 0 saturated carbocycles. The molecule has 1 aromatic heterocycles. The standard InChI is InChI=1S/C12H14BrN5O/c1-19-7-12-16-10(6-11(17-12)18-14)15-9-4-2-3-8(13)5-9/h2-6H,7,14H2,1H3,(H2,15,16,17,18). The van der Waals surface area contributed by atoms with Crippen LogP contribution in [0.15, 0.2) is 34.8 Å². The van der Waals surface area contributed by atoms with E-state index in [2.05, 4.69) is 36.6 Å². The Balaban J connectivity index is 2.26. The fourth-order valence-electron chi connectivity index (χ4n) is 1.54. The molecule has 0 amide bonds. The van der Waals surface area contributed by atoms with Crippen LogP contribution in [0.5, 0.6) is 0 Å². The maximum absolute atomic E-state index is 5.38. The predicted octanol–water partition coefficient (Wildman–Crippen LogP) is 2.41. The number of nitrogens with two attached hydrogens (primary N) is 1. The van der Waals surface area contributed by atoms with Crippen molar-refractivity contribution in [1.82, 2.24) is 9.97 Å². The molecule has 100 valence electrons. The fraction of sp³-hybridized carbons (Fsp3) is 0.167. The minimum absolute atomic E-state index is 0.322. The van der Waals surface area contributed by atoms with Gasteiger partial charge in [0.05, 0.1) is 0 Å². The van der Waals surface area contributed by atoms with Crippen molar-refractivity contribution in [1.29, 1.82) is 0 Å². The zero-order valence-electron chi connectivity index (χ0n) is 10.4. The Bertz CT molecular complexity index is 564. The first-order chi connectivity index (χ1) is 9.21. The molecular weight excluding hydrogens is 310 g/mol. The number of nitrogens with zero attached hydrogens (tertiary/aromatic N) is 2. The van der Waals surface area contributed by atoms with Crippen molar-refractivity contribution < 1.29 is 4.74 Å². The largest absolute Gasteiger partial charge is 0.377 e. The van der Waals surface area contributed by atoms with Gasteiger partial charge in [0.25, 0.3) is 0 Å². The third-order valence-electron chi connectivity index (χ3n) is 2.29. The van der Waals surface area contributed by atoms with Gasteiger partial charge in [0, 0.05) is 23.3 Å². The van der Waals surface area contributed by atoms with Gasteiger partial charge in [-0.3, -0.25) is 0 Å². The molecule has 2 aromatic rings. The Labute approximate surface area is 119 Å². The van der Waals surface area contributed by atoms with Crippen LogP contribution in [-0.4, -0.2) is 17.1 Å². The molecule has 0 fully saturated rings. The van der Waals surface area contributed by atoms with Crippen LogP contribution in [0.2, 0.25) is 0 Å². The number of rotatable bonds is 5. The Kier molecular flexibility index (Phi) is 4.67. The van der Waals surface area contributed by atoms with E-state index in [1.54, 1.807) is 13.2 Å². The molecule has 2 rings (SSSR count). The minimum atomic E-state index is 0.322. The number of halogens is 1. The van der Waals surface area contributed by atoms with Crippen LogP contribution in [0.4, 0.5) is 17.3 Å². The van der Waals surface area contributed by atoms with Gasteiger partial charge in [0.1, 0.15) is 18.2 Å². The highest BCUT2D eigenvalue weighted by molar-refractivity contribution is 9.10. The van der Waals surface area contributed by atoms with Gasteiger partial charge in [0.2, 0.25) is 0 Å². The molecule has 6 nitrogen and oxygen atoms in total. The lowest BCUT2D eigenvalue weighted by molar-refractivity contribution is 0.178. The summed E-state index contributed by atoms with van der Waals surface area (Å²) >= 11 is 3.42. The number of hydrazine groups is 1. The van der Waals surface area contributed by atoms with Gasteiger partial charge in [-0.05, 0) is 18.2 Å². The van der Waals surface area contributed by atoms with Crippen LogP contribution in [-0.2, 0) is 11.3 Å². The Morgan fingerprint density at radius 3 is 2.74 bits per heavy atom. The molecule has 0 unspecified atom stereocenters. The van der Waals surface area contributed by atoms with Crippen molar-refractivity contribution >= 4 is 33.3 Å². The number of anilines is 3. The average molecular weight is 324 g/mol.